The Bertz CT molecular complexity index is 423. The van der Waals surface area contributed by atoms with E-state index in [1.807, 2.05) is 6.07 Å². The molecule has 0 spiro atoms. The molecule has 5 nitrogen and oxygen atoms in total. The molecule has 1 aliphatic rings. The number of hydrogen-bond acceptors (Lipinski definition) is 5. The number of nitrogens with zero attached hydrogens (tertiary/aromatic N) is 3. The van der Waals surface area contributed by atoms with E-state index in [1.165, 1.54) is 0 Å². The molecule has 1 aromatic heterocycles. The monoisotopic (exact) mass is 278 g/mol. The molecule has 20 heavy (non-hydrogen) atoms. The Labute approximate surface area is 121 Å². The Hall–Kier alpha value is -1.36. The molecule has 0 saturated carbocycles. The molecule has 0 unspecified atom stereocenters. The van der Waals surface area contributed by atoms with E-state index in [9.17, 15) is 0 Å². The predicted octanol–water partition coefficient (Wildman–Crippen LogP) is 2.48. The summed E-state index contributed by atoms with van der Waals surface area (Å²) in [5.41, 5.74) is -0.119. The molecule has 0 radical (unpaired) electrons. The molecule has 0 bridgehead atoms. The molecule has 112 valence electrons. The Morgan fingerprint density at radius 3 is 2.80 bits per heavy atom. The van der Waals surface area contributed by atoms with Crippen LogP contribution in [0, 0.1) is 0 Å². The Morgan fingerprint density at radius 2 is 2.15 bits per heavy atom. The summed E-state index contributed by atoms with van der Waals surface area (Å²) in [7, 11) is 0. The van der Waals surface area contributed by atoms with Crippen molar-refractivity contribution < 1.29 is 4.74 Å². The summed E-state index contributed by atoms with van der Waals surface area (Å²) in [5, 5.41) is 3.30. The molecule has 1 N–H and O–H groups in total. The molecule has 0 aromatic carbocycles. The Balaban J connectivity index is 2.24. The van der Waals surface area contributed by atoms with E-state index in [0.717, 1.165) is 56.5 Å². The van der Waals surface area contributed by atoms with Gasteiger partial charge < -0.3 is 15.0 Å². The van der Waals surface area contributed by atoms with Gasteiger partial charge in [0.25, 0.3) is 0 Å². The lowest BCUT2D eigenvalue weighted by atomic mass is 10.1. The molecule has 0 aliphatic carbocycles. The largest absolute Gasteiger partial charge is 0.372 e. The number of rotatable bonds is 5. The summed E-state index contributed by atoms with van der Waals surface area (Å²) < 4.78 is 5.77. The van der Waals surface area contributed by atoms with Crippen molar-refractivity contribution in [1.29, 1.82) is 0 Å². The quantitative estimate of drug-likeness (QED) is 0.896. The first kappa shape index (κ1) is 15.0. The van der Waals surface area contributed by atoms with Crippen LogP contribution >= 0.6 is 0 Å². The highest BCUT2D eigenvalue weighted by atomic mass is 16.5. The normalized spacial score (nSPS) is 18.1. The SMILES string of the molecule is CCCc1nc(NCC)cc(N2CCOC(C)(C)C2)n1. The Kier molecular flexibility index (Phi) is 4.81. The number of nitrogens with one attached hydrogen (secondary N) is 1. The molecular formula is C15H26N4O. The molecular weight excluding hydrogens is 252 g/mol. The maximum absolute atomic E-state index is 5.77. The number of hydrogen-bond donors (Lipinski definition) is 1. The second-order valence-electron chi connectivity index (χ2n) is 5.84. The molecule has 1 saturated heterocycles. The fourth-order valence-electron chi connectivity index (χ4n) is 2.46. The van der Waals surface area contributed by atoms with Gasteiger partial charge in [0, 0.05) is 32.1 Å². The first-order valence-electron chi connectivity index (χ1n) is 7.55. The van der Waals surface area contributed by atoms with Crippen LogP contribution in [0.2, 0.25) is 0 Å². The molecule has 0 atom stereocenters. The van der Waals surface area contributed by atoms with Crippen molar-refractivity contribution in [2.24, 2.45) is 0 Å². The van der Waals surface area contributed by atoms with Gasteiger partial charge in [0.05, 0.1) is 12.2 Å². The van der Waals surface area contributed by atoms with Crippen molar-refractivity contribution >= 4 is 11.6 Å². The zero-order chi connectivity index (χ0) is 14.6. The van der Waals surface area contributed by atoms with E-state index in [4.69, 9.17) is 9.72 Å². The van der Waals surface area contributed by atoms with E-state index < -0.39 is 0 Å². The molecule has 0 amide bonds. The third-order valence-electron chi connectivity index (χ3n) is 3.34. The third kappa shape index (κ3) is 3.82. The minimum Gasteiger partial charge on any atom is -0.372 e. The smallest absolute Gasteiger partial charge is 0.134 e. The highest BCUT2D eigenvalue weighted by Gasteiger charge is 2.28. The number of aromatic nitrogens is 2. The highest BCUT2D eigenvalue weighted by molar-refractivity contribution is 5.50. The van der Waals surface area contributed by atoms with Gasteiger partial charge >= 0.3 is 0 Å². The lowest BCUT2D eigenvalue weighted by Gasteiger charge is -2.38. The van der Waals surface area contributed by atoms with Gasteiger partial charge in [-0.3, -0.25) is 0 Å². The number of morpholine rings is 1. The second-order valence-corrected chi connectivity index (χ2v) is 5.84. The first-order valence-corrected chi connectivity index (χ1v) is 7.55. The molecule has 2 rings (SSSR count). The highest BCUT2D eigenvalue weighted by Crippen LogP contribution is 2.23. The van der Waals surface area contributed by atoms with Gasteiger partial charge in [0.2, 0.25) is 0 Å². The minimum absolute atomic E-state index is 0.119. The lowest BCUT2D eigenvalue weighted by molar-refractivity contribution is -0.0279. The number of anilines is 2. The first-order chi connectivity index (χ1) is 9.54. The van der Waals surface area contributed by atoms with Gasteiger partial charge in [-0.25, -0.2) is 9.97 Å². The van der Waals surface area contributed by atoms with Crippen LogP contribution in [0.3, 0.4) is 0 Å². The molecule has 1 fully saturated rings. The topological polar surface area (TPSA) is 50.3 Å². The van der Waals surface area contributed by atoms with Crippen LogP contribution in [0.4, 0.5) is 11.6 Å². The fraction of sp³-hybridized carbons (Fsp3) is 0.733. The van der Waals surface area contributed by atoms with Crippen molar-refractivity contribution in [2.45, 2.75) is 46.1 Å². The van der Waals surface area contributed by atoms with Gasteiger partial charge in [0.1, 0.15) is 17.5 Å². The Morgan fingerprint density at radius 1 is 1.35 bits per heavy atom. The number of aryl methyl sites for hydroxylation is 1. The van der Waals surface area contributed by atoms with Crippen LogP contribution in [0.5, 0.6) is 0 Å². The van der Waals surface area contributed by atoms with Gasteiger partial charge in [0.15, 0.2) is 0 Å². The second kappa shape index (κ2) is 6.39. The van der Waals surface area contributed by atoms with Gasteiger partial charge in [-0.15, -0.1) is 0 Å². The third-order valence-corrected chi connectivity index (χ3v) is 3.34. The van der Waals surface area contributed by atoms with Crippen LogP contribution in [0.15, 0.2) is 6.07 Å². The molecule has 1 aromatic rings. The minimum atomic E-state index is -0.119. The zero-order valence-electron chi connectivity index (χ0n) is 13.1. The standard InChI is InChI=1S/C15H26N4O/c1-5-7-12-17-13(16-6-2)10-14(18-12)19-8-9-20-15(3,4)11-19/h10H,5-9,11H2,1-4H3,(H,16,17,18). The van der Waals surface area contributed by atoms with Gasteiger partial charge in [-0.2, -0.15) is 0 Å². The summed E-state index contributed by atoms with van der Waals surface area (Å²) in [5.74, 6) is 2.85. The molecule has 5 heteroatoms. The summed E-state index contributed by atoms with van der Waals surface area (Å²) in [6.07, 6.45) is 1.98. The van der Waals surface area contributed by atoms with E-state index in [1.54, 1.807) is 0 Å². The van der Waals surface area contributed by atoms with Crippen LogP contribution in [-0.2, 0) is 11.2 Å². The van der Waals surface area contributed by atoms with Crippen molar-refractivity contribution in [3.8, 4) is 0 Å². The summed E-state index contributed by atoms with van der Waals surface area (Å²) in [6.45, 7) is 11.9. The van der Waals surface area contributed by atoms with Crippen LogP contribution in [0.25, 0.3) is 0 Å². The summed E-state index contributed by atoms with van der Waals surface area (Å²) >= 11 is 0. The van der Waals surface area contributed by atoms with Crippen LogP contribution < -0.4 is 10.2 Å². The summed E-state index contributed by atoms with van der Waals surface area (Å²) in [6, 6.07) is 2.05. The average Bonchev–Trinajstić information content (AvgIpc) is 2.38. The summed E-state index contributed by atoms with van der Waals surface area (Å²) in [4.78, 5) is 11.6. The van der Waals surface area contributed by atoms with Crippen molar-refractivity contribution in [3.63, 3.8) is 0 Å². The van der Waals surface area contributed by atoms with E-state index in [2.05, 4.69) is 42.9 Å². The maximum Gasteiger partial charge on any atom is 0.134 e. The van der Waals surface area contributed by atoms with E-state index in [-0.39, 0.29) is 5.60 Å². The molecule has 1 aliphatic heterocycles. The van der Waals surface area contributed by atoms with Crippen molar-refractivity contribution in [2.75, 3.05) is 36.5 Å². The fourth-order valence-corrected chi connectivity index (χ4v) is 2.46. The van der Waals surface area contributed by atoms with Gasteiger partial charge in [-0.1, -0.05) is 6.92 Å². The average molecular weight is 278 g/mol. The van der Waals surface area contributed by atoms with E-state index >= 15 is 0 Å². The predicted molar refractivity (Wildman–Crippen MR) is 82.4 cm³/mol. The van der Waals surface area contributed by atoms with Crippen molar-refractivity contribution in [3.05, 3.63) is 11.9 Å². The van der Waals surface area contributed by atoms with Crippen LogP contribution in [-0.4, -0.2) is 41.8 Å². The van der Waals surface area contributed by atoms with Crippen LogP contribution in [0.1, 0.15) is 39.9 Å². The number of ether oxygens (including phenoxy) is 1. The van der Waals surface area contributed by atoms with Gasteiger partial charge in [-0.05, 0) is 27.2 Å². The lowest BCUT2D eigenvalue weighted by Crippen LogP contribution is -2.48. The van der Waals surface area contributed by atoms with Crippen molar-refractivity contribution in [1.82, 2.24) is 9.97 Å². The van der Waals surface area contributed by atoms with E-state index in [0.29, 0.717) is 0 Å². The molecule has 2 heterocycles. The maximum atomic E-state index is 5.77. The zero-order valence-corrected chi connectivity index (χ0v) is 13.1.